The molecule has 13 rings (SSSR count). The van der Waals surface area contributed by atoms with E-state index in [2.05, 4.69) is 93.2 Å². The number of hydrogen-bond donors (Lipinski definition) is 2. The Morgan fingerprint density at radius 1 is 0.547 bits per heavy atom. The van der Waals surface area contributed by atoms with Crippen LogP contribution in [0, 0.1) is 69.1 Å². The van der Waals surface area contributed by atoms with Crippen molar-refractivity contribution in [1.29, 1.82) is 21.0 Å². The summed E-state index contributed by atoms with van der Waals surface area (Å²) in [6.07, 6.45) is 17.2. The summed E-state index contributed by atoms with van der Waals surface area (Å²) in [6.45, 7) is 7.94. The molecule has 0 saturated carbocycles. The van der Waals surface area contributed by atoms with Gasteiger partial charge in [-0.1, -0.05) is 6.07 Å². The summed E-state index contributed by atoms with van der Waals surface area (Å²) < 4.78 is 138. The van der Waals surface area contributed by atoms with Crippen molar-refractivity contribution in [3.8, 4) is 74.9 Å². The first-order valence-electron chi connectivity index (χ1n) is 26.7. The number of aromatic nitrogens is 12. The minimum absolute atomic E-state index is 0.000542. The number of nitriles is 4. The van der Waals surface area contributed by atoms with Gasteiger partial charge in [-0.2, -0.15) is 80.6 Å². The first-order valence-corrected chi connectivity index (χ1v) is 29.7. The zero-order valence-electron chi connectivity index (χ0n) is 48.8. The summed E-state index contributed by atoms with van der Waals surface area (Å²) in [5, 5.41) is 70.4. The van der Waals surface area contributed by atoms with Gasteiger partial charge in [0, 0.05) is 85.0 Å². The third kappa shape index (κ3) is 15.3. The van der Waals surface area contributed by atoms with Crippen molar-refractivity contribution in [3.05, 3.63) is 202 Å². The molecule has 36 heteroatoms. The van der Waals surface area contributed by atoms with Crippen LogP contribution in [-0.2, 0) is 19.4 Å². The number of hydrogen-bond acceptors (Lipinski definition) is 20. The minimum Gasteiger partial charge on any atom is -0.536 e. The first-order chi connectivity index (χ1) is 45.1. The Hall–Kier alpha value is -10.9. The van der Waals surface area contributed by atoms with Crippen molar-refractivity contribution in [3.63, 3.8) is 0 Å². The molecule has 0 aromatic carbocycles. The Bertz CT molecular complexity index is 4980. The van der Waals surface area contributed by atoms with E-state index in [1.165, 1.54) is 96.7 Å². The maximum atomic E-state index is 13.3. The molecule has 477 valence electrons. The molecule has 0 amide bonds. The van der Waals surface area contributed by atoms with E-state index in [0.29, 0.717) is 68.9 Å². The van der Waals surface area contributed by atoms with Crippen molar-refractivity contribution in [2.45, 2.75) is 44.4 Å². The molecule has 0 spiro atoms. The molecule has 2 N–H and O–H groups in total. The van der Waals surface area contributed by atoms with E-state index in [-0.39, 0.29) is 21.3 Å². The van der Waals surface area contributed by atoms with Crippen LogP contribution in [0.1, 0.15) is 49.9 Å². The lowest BCUT2D eigenvalue weighted by atomic mass is 9.79. The van der Waals surface area contributed by atoms with Gasteiger partial charge in [-0.05, 0) is 126 Å². The van der Waals surface area contributed by atoms with Gasteiger partial charge >= 0.3 is 30.4 Å². The van der Waals surface area contributed by atoms with Crippen LogP contribution in [0.15, 0.2) is 156 Å². The van der Waals surface area contributed by atoms with Gasteiger partial charge in [0.1, 0.15) is 46.9 Å². The van der Waals surface area contributed by atoms with Gasteiger partial charge in [-0.25, -0.2) is 38.0 Å². The average molecular weight is 1450 g/mol. The van der Waals surface area contributed by atoms with Crippen LogP contribution in [0.3, 0.4) is 0 Å². The minimum atomic E-state index is -5.83. The lowest BCUT2D eigenvalue weighted by Gasteiger charge is -2.32. The fourth-order valence-electron chi connectivity index (χ4n) is 8.81. The van der Waals surface area contributed by atoms with Crippen molar-refractivity contribution in [2.24, 2.45) is 0 Å². The van der Waals surface area contributed by atoms with E-state index < -0.39 is 63.5 Å². The zero-order valence-corrected chi connectivity index (χ0v) is 52.8. The summed E-state index contributed by atoms with van der Waals surface area (Å²) in [6, 6.07) is 25.3. The summed E-state index contributed by atoms with van der Waals surface area (Å²) >= 11 is 6.36. The Morgan fingerprint density at radius 3 is 1.33 bits per heavy atom. The number of pyridine rings is 8. The van der Waals surface area contributed by atoms with Crippen molar-refractivity contribution in [1.82, 2.24) is 58.4 Å². The monoisotopic (exact) mass is 1440 g/mol. The standard InChI is InChI=1S/C19H18BFN4O2.C13H6BrFN4.C13H7FN4O.C9H3BrF3N3O3S.C5H4BFNO2/c1-18(2)19(3,4)27-20(26-18)14-7-15(12-5-6-16(21)23-9-12)17-13(8-22)10-24-25(17)11-14;14-10-3-11(8-1-2-12(15)17-5-8)13-9(4-16)6-18-19(13)7-10;14-12-2-1-8(5-16-12)11-3-10(19)7-18-13(11)9(4-15)6-17-18;10-6-1-7(19-20(17,18)9(11,12)13)8-5(2-14)3-15-16(8)4-6;7-5-2-1-4(3-8-5)10-6-9/h5-7,9-11H,1-4H3;1-3,5-7H;1-3,5-7,19H;1,3-4H;1-3,9H. The molecule has 0 atom stereocenters. The van der Waals surface area contributed by atoms with Crippen LogP contribution >= 0.6 is 31.9 Å². The highest BCUT2D eigenvalue weighted by Gasteiger charge is 2.52. The topological polar surface area (TPSA) is 327 Å². The van der Waals surface area contributed by atoms with Crippen LogP contribution < -0.4 is 14.3 Å². The highest BCUT2D eigenvalue weighted by Crippen LogP contribution is 2.38. The van der Waals surface area contributed by atoms with Gasteiger partial charge in [-0.15, -0.1) is 0 Å². The van der Waals surface area contributed by atoms with Gasteiger partial charge < -0.3 is 28.3 Å². The summed E-state index contributed by atoms with van der Waals surface area (Å²) in [4.78, 5) is 14.2. The Morgan fingerprint density at radius 2 is 0.926 bits per heavy atom. The largest absolute Gasteiger partial charge is 0.569 e. The van der Waals surface area contributed by atoms with Gasteiger partial charge in [0.05, 0.1) is 81.6 Å². The van der Waals surface area contributed by atoms with E-state index in [4.69, 9.17) is 30.1 Å². The lowest BCUT2D eigenvalue weighted by Crippen LogP contribution is -2.41. The predicted octanol–water partition coefficient (Wildman–Crippen LogP) is 10.3. The number of fused-ring (bicyclic) bond motifs is 4. The van der Waals surface area contributed by atoms with E-state index in [9.17, 15) is 49.5 Å². The van der Waals surface area contributed by atoms with Crippen molar-refractivity contribution < 1.29 is 67.4 Å². The number of nitrogens with zero attached hydrogens (tertiary/aromatic N) is 16. The van der Waals surface area contributed by atoms with E-state index >= 15 is 0 Å². The molecular formula is C59H38B2Br2F7N16O8S. The van der Waals surface area contributed by atoms with Crippen LogP contribution in [-0.4, -0.2) is 108 Å². The highest BCUT2D eigenvalue weighted by atomic mass is 79.9. The second kappa shape index (κ2) is 28.2. The van der Waals surface area contributed by atoms with E-state index in [1.807, 2.05) is 45.9 Å². The molecule has 1 aliphatic heterocycles. The Kier molecular flexibility index (Phi) is 20.3. The van der Waals surface area contributed by atoms with Gasteiger partial charge in [0.2, 0.25) is 23.8 Å². The fourth-order valence-corrected chi connectivity index (χ4v) is 10.1. The Balaban J connectivity index is 0.000000143. The number of alkyl halides is 3. The van der Waals surface area contributed by atoms with Gasteiger partial charge in [0.25, 0.3) is 0 Å². The maximum Gasteiger partial charge on any atom is 0.569 e. The van der Waals surface area contributed by atoms with E-state index in [0.717, 1.165) is 43.9 Å². The Labute approximate surface area is 549 Å². The molecule has 0 aliphatic carbocycles. The molecule has 1 saturated heterocycles. The molecule has 24 nitrogen and oxygen atoms in total. The van der Waals surface area contributed by atoms with Crippen LogP contribution in [0.5, 0.6) is 17.2 Å². The van der Waals surface area contributed by atoms with Crippen molar-refractivity contribution >= 4 is 84.3 Å². The molecule has 1 radical (unpaired) electrons. The summed E-state index contributed by atoms with van der Waals surface area (Å²) in [5.74, 6) is -2.62. The SMILES string of the molecule is CC1(C)OB(c2cc(-c3ccc(F)nc3)c3c(C#N)cnn3c2)OC1(C)C.N#Cc1cnn2cc(Br)cc(-c3ccc(F)nc3)c12.N#Cc1cnn2cc(Br)cc(OS(=O)(=O)C(F)(F)F)c12.N#Cc1cnn2cc(O)cc(-c3ccc(F)nc3)c12.O[B]Oc1ccc(F)nc1. The third-order valence-corrected chi connectivity index (χ3v) is 15.7. The summed E-state index contributed by atoms with van der Waals surface area (Å²) in [5.41, 5.74) is 1.11. The highest BCUT2D eigenvalue weighted by molar-refractivity contribution is 9.10. The van der Waals surface area contributed by atoms with Crippen molar-refractivity contribution in [2.75, 3.05) is 0 Å². The first kappa shape index (κ1) is 68.5. The molecular weight excluding hydrogens is 1410 g/mol. The second-order valence-electron chi connectivity index (χ2n) is 20.5. The molecule has 1 aliphatic rings. The fraction of sp³-hybridized carbons (Fsp3) is 0.119. The van der Waals surface area contributed by atoms with E-state index in [1.54, 1.807) is 39.6 Å². The number of rotatable bonds is 8. The molecule has 12 aromatic heterocycles. The second-order valence-corrected chi connectivity index (χ2v) is 23.8. The van der Waals surface area contributed by atoms with Gasteiger partial charge in [0.15, 0.2) is 5.75 Å². The normalized spacial score (nSPS) is 12.9. The van der Waals surface area contributed by atoms with Crippen LogP contribution in [0.2, 0.25) is 0 Å². The summed E-state index contributed by atoms with van der Waals surface area (Å²) in [7, 11) is -5.91. The third-order valence-electron chi connectivity index (χ3n) is 13.8. The lowest BCUT2D eigenvalue weighted by molar-refractivity contribution is -0.0499. The van der Waals surface area contributed by atoms with Gasteiger partial charge in [-0.3, -0.25) is 0 Å². The predicted molar refractivity (Wildman–Crippen MR) is 330 cm³/mol. The van der Waals surface area contributed by atoms with Crippen LogP contribution in [0.4, 0.5) is 30.7 Å². The smallest absolute Gasteiger partial charge is 0.536 e. The molecule has 13 heterocycles. The van der Waals surface area contributed by atoms with Crippen LogP contribution in [0.25, 0.3) is 55.4 Å². The number of aromatic hydroxyl groups is 1. The maximum absolute atomic E-state index is 13.3. The molecule has 12 aromatic rings. The molecule has 0 bridgehead atoms. The number of halogens is 9. The average Bonchev–Trinajstić information content (AvgIpc) is 1.64. The molecule has 95 heavy (non-hydrogen) atoms. The quantitative estimate of drug-likeness (QED) is 0.0469. The zero-order chi connectivity index (χ0) is 68.7. The molecule has 1 fully saturated rings. The molecule has 0 unspecified atom stereocenters.